The van der Waals surface area contributed by atoms with Crippen LogP contribution in [0.25, 0.3) is 0 Å². The Hall–Kier alpha value is -0.370. The molecule has 0 aliphatic carbocycles. The van der Waals surface area contributed by atoms with Crippen LogP contribution in [0.1, 0.15) is 12.8 Å². The van der Waals surface area contributed by atoms with Gasteiger partial charge in [-0.15, -0.1) is 5.73 Å². The molecule has 2 fully saturated rings. The quantitative estimate of drug-likeness (QED) is 0.769. The van der Waals surface area contributed by atoms with Crippen molar-refractivity contribution >= 4 is 0 Å². The van der Waals surface area contributed by atoms with E-state index >= 15 is 0 Å². The highest BCUT2D eigenvalue weighted by atomic mass is 19.4. The van der Waals surface area contributed by atoms with Crippen molar-refractivity contribution < 1.29 is 22.6 Å². The first-order valence-corrected chi connectivity index (χ1v) is 5.21. The fraction of sp³-hybridized carbons (Fsp3) is 1.00. The lowest BCUT2D eigenvalue weighted by Crippen LogP contribution is -2.39. The second-order valence-corrected chi connectivity index (χ2v) is 4.08. The zero-order valence-corrected chi connectivity index (χ0v) is 8.54. The average molecular weight is 238 g/mol. The summed E-state index contributed by atoms with van der Waals surface area (Å²) in [5.41, 5.74) is 9.21. The van der Waals surface area contributed by atoms with Crippen LogP contribution in [-0.2, 0) is 9.47 Å². The highest BCUT2D eigenvalue weighted by Gasteiger charge is 2.50. The van der Waals surface area contributed by atoms with Crippen LogP contribution >= 0.6 is 0 Å². The third kappa shape index (κ3) is 2.65. The van der Waals surface area contributed by atoms with Crippen molar-refractivity contribution in [2.45, 2.75) is 37.5 Å². The zero-order chi connectivity index (χ0) is 11.8. The standard InChI is InChI=1S/C9H13F3N2O2/c10-9(11,12)5-3-7(13)14-6(5)4-8-15-1-2-16-8/h5-8,14H,1-4H2/t5-,6?,7-/m0/s1. The summed E-state index contributed by atoms with van der Waals surface area (Å²) in [6.45, 7) is 0.827. The molecule has 2 aliphatic heterocycles. The van der Waals surface area contributed by atoms with Gasteiger partial charge in [0.15, 0.2) is 6.29 Å². The fourth-order valence-corrected chi connectivity index (χ4v) is 2.18. The van der Waals surface area contributed by atoms with E-state index in [2.05, 4.69) is 5.32 Å². The van der Waals surface area contributed by atoms with Gasteiger partial charge >= 0.3 is 6.18 Å². The van der Waals surface area contributed by atoms with E-state index in [-0.39, 0.29) is 12.8 Å². The second-order valence-electron chi connectivity index (χ2n) is 4.08. The normalized spacial score (nSPS) is 37.1. The van der Waals surface area contributed by atoms with Gasteiger partial charge in [-0.25, -0.2) is 0 Å². The Morgan fingerprint density at radius 1 is 1.25 bits per heavy atom. The number of hydrogen-bond donors (Lipinski definition) is 1. The lowest BCUT2D eigenvalue weighted by atomic mass is 9.97. The molecule has 92 valence electrons. The molecule has 0 amide bonds. The van der Waals surface area contributed by atoms with Gasteiger partial charge in [-0.3, -0.25) is 5.32 Å². The van der Waals surface area contributed by atoms with Crippen LogP contribution in [0, 0.1) is 5.92 Å². The summed E-state index contributed by atoms with van der Waals surface area (Å²) < 4.78 is 48.1. The van der Waals surface area contributed by atoms with Crippen molar-refractivity contribution in [2.75, 3.05) is 13.2 Å². The molecule has 0 aromatic heterocycles. The van der Waals surface area contributed by atoms with Crippen LogP contribution < -0.4 is 11.1 Å². The molecule has 3 atom stereocenters. The van der Waals surface area contributed by atoms with Crippen molar-refractivity contribution in [2.24, 2.45) is 5.92 Å². The predicted octanol–water partition coefficient (Wildman–Crippen LogP) is 0.685. The third-order valence-corrected chi connectivity index (χ3v) is 2.93. The van der Waals surface area contributed by atoms with E-state index in [0.717, 1.165) is 0 Å². The van der Waals surface area contributed by atoms with Gasteiger partial charge in [0.05, 0.1) is 25.3 Å². The number of rotatable bonds is 2. The van der Waals surface area contributed by atoms with E-state index in [1.165, 1.54) is 0 Å². The van der Waals surface area contributed by atoms with Crippen LogP contribution in [0.5, 0.6) is 0 Å². The van der Waals surface area contributed by atoms with E-state index in [0.29, 0.717) is 13.2 Å². The Morgan fingerprint density at radius 3 is 2.44 bits per heavy atom. The number of alkyl halides is 3. The second kappa shape index (κ2) is 4.48. The maximum absolute atomic E-state index is 12.6. The van der Waals surface area contributed by atoms with Crippen LogP contribution in [0.4, 0.5) is 13.2 Å². The maximum Gasteiger partial charge on any atom is 0.393 e. The van der Waals surface area contributed by atoms with Crippen molar-refractivity contribution in [3.05, 3.63) is 0 Å². The van der Waals surface area contributed by atoms with Crippen molar-refractivity contribution in [1.82, 2.24) is 11.1 Å². The van der Waals surface area contributed by atoms with Crippen molar-refractivity contribution in [3.8, 4) is 0 Å². The van der Waals surface area contributed by atoms with Gasteiger partial charge in [0.25, 0.3) is 0 Å². The Bertz CT molecular complexity index is 243. The summed E-state index contributed by atoms with van der Waals surface area (Å²) in [6, 6.07) is -0.835. The smallest absolute Gasteiger partial charge is 0.350 e. The van der Waals surface area contributed by atoms with Gasteiger partial charge in [-0.05, 0) is 6.42 Å². The molecule has 2 aliphatic rings. The topological polar surface area (TPSA) is 52.8 Å². The molecule has 2 rings (SSSR count). The van der Waals surface area contributed by atoms with Crippen LogP contribution in [0.15, 0.2) is 0 Å². The fourth-order valence-electron chi connectivity index (χ4n) is 2.18. The molecule has 0 aromatic carbocycles. The number of halogens is 3. The highest BCUT2D eigenvalue weighted by molar-refractivity contribution is 4.92. The highest BCUT2D eigenvalue weighted by Crippen LogP contribution is 2.37. The summed E-state index contributed by atoms with van der Waals surface area (Å²) in [5.74, 6) is -1.53. The zero-order valence-electron chi connectivity index (χ0n) is 8.54. The van der Waals surface area contributed by atoms with Gasteiger partial charge in [-0.2, -0.15) is 13.2 Å². The maximum atomic E-state index is 12.6. The molecule has 0 bridgehead atoms. The molecule has 16 heavy (non-hydrogen) atoms. The lowest BCUT2D eigenvalue weighted by Gasteiger charge is -2.23. The summed E-state index contributed by atoms with van der Waals surface area (Å²) >= 11 is 0. The van der Waals surface area contributed by atoms with E-state index in [4.69, 9.17) is 9.47 Å². The molecular weight excluding hydrogens is 225 g/mol. The molecule has 0 spiro atoms. The van der Waals surface area contributed by atoms with Crippen LogP contribution in [-0.4, -0.2) is 37.9 Å². The number of hydrogen-bond acceptors (Lipinski definition) is 3. The Balaban J connectivity index is 1.95. The van der Waals surface area contributed by atoms with E-state index in [9.17, 15) is 18.9 Å². The Kier molecular flexibility index (Phi) is 3.39. The molecule has 0 saturated carbocycles. The third-order valence-electron chi connectivity index (χ3n) is 2.93. The average Bonchev–Trinajstić information content (AvgIpc) is 2.74. The molecule has 1 unspecified atom stereocenters. The lowest BCUT2D eigenvalue weighted by molar-refractivity contribution is -0.181. The summed E-state index contributed by atoms with van der Waals surface area (Å²) in [5, 5.41) is 2.51. The largest absolute Gasteiger partial charge is 0.393 e. The number of nitrogens with zero attached hydrogens (tertiary/aromatic N) is 1. The first-order valence-electron chi connectivity index (χ1n) is 5.21. The van der Waals surface area contributed by atoms with E-state index in [1.54, 1.807) is 0 Å². The van der Waals surface area contributed by atoms with Crippen LogP contribution in [0.2, 0.25) is 0 Å². The number of nitrogens with one attached hydrogen (secondary N) is 1. The molecule has 0 aromatic rings. The van der Waals surface area contributed by atoms with E-state index < -0.39 is 30.6 Å². The van der Waals surface area contributed by atoms with Gasteiger partial charge in [0.1, 0.15) is 0 Å². The minimum Gasteiger partial charge on any atom is -0.350 e. The molecule has 2 radical (unpaired) electrons. The van der Waals surface area contributed by atoms with Gasteiger partial charge in [0, 0.05) is 12.5 Å². The molecule has 7 heteroatoms. The van der Waals surface area contributed by atoms with E-state index in [1.807, 2.05) is 0 Å². The van der Waals surface area contributed by atoms with Gasteiger partial charge in [0.2, 0.25) is 0 Å². The molecular formula is C9H13F3N2O2. The Labute approximate surface area is 91.3 Å². The minimum absolute atomic E-state index is 0.112. The molecule has 2 heterocycles. The van der Waals surface area contributed by atoms with Gasteiger partial charge in [-0.1, -0.05) is 0 Å². The van der Waals surface area contributed by atoms with Crippen molar-refractivity contribution in [3.63, 3.8) is 0 Å². The Morgan fingerprint density at radius 2 is 1.88 bits per heavy atom. The summed E-state index contributed by atoms with van der Waals surface area (Å²) in [6.07, 6.45) is -6.18. The summed E-state index contributed by atoms with van der Waals surface area (Å²) in [4.78, 5) is 0. The molecule has 4 nitrogen and oxygen atoms in total. The number of ether oxygens (including phenoxy) is 2. The monoisotopic (exact) mass is 238 g/mol. The predicted molar refractivity (Wildman–Crippen MR) is 47.3 cm³/mol. The van der Waals surface area contributed by atoms with Crippen molar-refractivity contribution in [1.29, 1.82) is 0 Å². The first kappa shape index (κ1) is 12.1. The molecule has 2 saturated heterocycles. The SMILES string of the molecule is [N][C@@H]1C[C@H](C(F)(F)F)C(CC2OCCO2)N1. The van der Waals surface area contributed by atoms with Crippen LogP contribution in [0.3, 0.4) is 0 Å². The first-order chi connectivity index (χ1) is 7.47. The summed E-state index contributed by atoms with van der Waals surface area (Å²) in [7, 11) is 0. The minimum atomic E-state index is -4.30. The van der Waals surface area contributed by atoms with Gasteiger partial charge < -0.3 is 9.47 Å². The molecule has 1 N–H and O–H groups in total.